The van der Waals surface area contributed by atoms with Crippen LogP contribution in [-0.4, -0.2) is 63.5 Å². The zero-order chi connectivity index (χ0) is 21.7. The molecule has 2 saturated heterocycles. The van der Waals surface area contributed by atoms with Gasteiger partial charge in [0.1, 0.15) is 0 Å². The fourth-order valence-electron chi connectivity index (χ4n) is 4.62. The summed E-state index contributed by atoms with van der Waals surface area (Å²) in [6.07, 6.45) is 4.55. The second-order valence-corrected chi connectivity index (χ2v) is 10.6. The van der Waals surface area contributed by atoms with Crippen molar-refractivity contribution in [3.63, 3.8) is 0 Å². The Morgan fingerprint density at radius 2 is 1.80 bits per heavy atom. The fraction of sp³-hybridized carbons (Fsp3) is 0.522. The van der Waals surface area contributed by atoms with Crippen LogP contribution in [0, 0.1) is 11.8 Å². The number of carbonyl (C=O) groups is 2. The number of nitrogens with one attached hydrogen (secondary N) is 1. The molecule has 0 aliphatic carbocycles. The van der Waals surface area contributed by atoms with Crippen LogP contribution in [0.3, 0.4) is 0 Å². The second-order valence-electron chi connectivity index (χ2n) is 8.24. The van der Waals surface area contributed by atoms with Crippen LogP contribution in [0.4, 0.5) is 0 Å². The maximum atomic E-state index is 13.4. The van der Waals surface area contributed by atoms with Crippen molar-refractivity contribution in [2.75, 3.05) is 32.4 Å². The zero-order valence-electron chi connectivity index (χ0n) is 17.8. The minimum absolute atomic E-state index is 0.0146. The van der Waals surface area contributed by atoms with E-state index in [2.05, 4.69) is 17.8 Å². The molecule has 0 bridgehead atoms. The van der Waals surface area contributed by atoms with Crippen LogP contribution in [0.25, 0.3) is 0 Å². The molecule has 2 fully saturated rings. The van der Waals surface area contributed by atoms with E-state index in [1.165, 1.54) is 0 Å². The molecule has 2 heterocycles. The van der Waals surface area contributed by atoms with Crippen LogP contribution in [-0.2, 0) is 19.3 Å². The van der Waals surface area contributed by atoms with Crippen LogP contribution in [0.2, 0.25) is 0 Å². The highest BCUT2D eigenvalue weighted by Gasteiger charge is 2.38. The Morgan fingerprint density at radius 1 is 1.13 bits per heavy atom. The van der Waals surface area contributed by atoms with Gasteiger partial charge in [-0.3, -0.25) is 13.8 Å². The fourth-order valence-corrected chi connectivity index (χ4v) is 6.32. The topological polar surface area (TPSA) is 69.7 Å². The lowest BCUT2D eigenvalue weighted by Gasteiger charge is -2.42. The van der Waals surface area contributed by atoms with E-state index in [-0.39, 0.29) is 29.7 Å². The van der Waals surface area contributed by atoms with Crippen molar-refractivity contribution in [1.29, 1.82) is 0 Å². The van der Waals surface area contributed by atoms with Crippen LogP contribution < -0.4 is 5.32 Å². The van der Waals surface area contributed by atoms with Gasteiger partial charge in [0, 0.05) is 54.1 Å². The van der Waals surface area contributed by atoms with Crippen LogP contribution in [0.5, 0.6) is 0 Å². The third-order valence-corrected chi connectivity index (χ3v) is 8.31. The number of hydrogen-bond donors (Lipinski definition) is 1. The Morgan fingerprint density at radius 3 is 2.40 bits per heavy atom. The van der Waals surface area contributed by atoms with E-state index >= 15 is 0 Å². The summed E-state index contributed by atoms with van der Waals surface area (Å²) in [7, 11) is -0.908. The number of carbonyl (C=O) groups excluding carboxylic acids is 2. The van der Waals surface area contributed by atoms with E-state index in [9.17, 15) is 13.8 Å². The van der Waals surface area contributed by atoms with E-state index in [1.807, 2.05) is 39.5 Å². The molecule has 30 heavy (non-hydrogen) atoms. The van der Waals surface area contributed by atoms with Gasteiger partial charge in [0.25, 0.3) is 0 Å². The molecule has 0 aromatic heterocycles. The number of rotatable bonds is 6. The van der Waals surface area contributed by atoms with Crippen LogP contribution in [0.15, 0.2) is 43.0 Å². The summed E-state index contributed by atoms with van der Waals surface area (Å²) in [4.78, 5) is 27.0. The summed E-state index contributed by atoms with van der Waals surface area (Å²) in [6, 6.07) is 10.0. The van der Waals surface area contributed by atoms with Gasteiger partial charge in [-0.1, -0.05) is 36.4 Å². The molecule has 3 rings (SSSR count). The van der Waals surface area contributed by atoms with Gasteiger partial charge in [0.15, 0.2) is 0 Å². The van der Waals surface area contributed by atoms with Gasteiger partial charge in [0.05, 0.1) is 5.92 Å². The lowest BCUT2D eigenvalue weighted by atomic mass is 9.89. The highest BCUT2D eigenvalue weighted by atomic mass is 32.2. The Balaban J connectivity index is 1.73. The first kappa shape index (κ1) is 22.6. The maximum absolute atomic E-state index is 13.4. The molecule has 2 aliphatic rings. The molecule has 2 amide bonds. The molecule has 164 valence electrons. The van der Waals surface area contributed by atoms with E-state index in [0.29, 0.717) is 38.2 Å². The van der Waals surface area contributed by atoms with Gasteiger partial charge >= 0.3 is 0 Å². The highest BCUT2D eigenvalue weighted by molar-refractivity contribution is 7.98. The smallest absolute Gasteiger partial charge is 0.227 e. The highest BCUT2D eigenvalue weighted by Crippen LogP contribution is 2.36. The van der Waals surface area contributed by atoms with Crippen molar-refractivity contribution in [2.24, 2.45) is 11.8 Å². The summed E-state index contributed by atoms with van der Waals surface area (Å²) in [6.45, 7) is 5.37. The quantitative estimate of drug-likeness (QED) is 0.555. The predicted octanol–water partition coefficient (Wildman–Crippen LogP) is 2.24. The third kappa shape index (κ3) is 4.95. The van der Waals surface area contributed by atoms with Crippen molar-refractivity contribution >= 4 is 27.4 Å². The van der Waals surface area contributed by atoms with Crippen molar-refractivity contribution in [1.82, 2.24) is 14.5 Å². The molecule has 0 radical (unpaired) electrons. The van der Waals surface area contributed by atoms with Gasteiger partial charge < -0.3 is 10.2 Å². The maximum Gasteiger partial charge on any atom is 0.227 e. The largest absolute Gasteiger partial charge is 0.359 e. The van der Waals surface area contributed by atoms with Crippen molar-refractivity contribution in [2.45, 2.75) is 31.7 Å². The monoisotopic (exact) mass is 431 g/mol. The van der Waals surface area contributed by atoms with E-state index in [1.54, 1.807) is 13.1 Å². The molecular formula is C23H33N3O3S. The standard InChI is InChI=1S/C23H33N3O3S/c1-4-16-30(3,29)26-17-20(10-11-21(26)18-8-6-5-7-9-18)23(28)25-14-12-19(13-15-25)22(27)24-2/h4-9,19-21H,1,3,10-17H2,2H3,(H,24,27). The minimum atomic E-state index is -2.56. The molecule has 1 aromatic carbocycles. The van der Waals surface area contributed by atoms with Gasteiger partial charge in [-0.2, -0.15) is 0 Å². The first-order valence-electron chi connectivity index (χ1n) is 10.6. The number of nitrogens with zero attached hydrogens (tertiary/aromatic N) is 2. The normalized spacial score (nSPS) is 25.3. The lowest BCUT2D eigenvalue weighted by molar-refractivity contribution is -0.140. The Hall–Kier alpha value is -2.12. The molecule has 0 spiro atoms. The first-order valence-corrected chi connectivity index (χ1v) is 12.5. The molecule has 3 atom stereocenters. The Labute approximate surface area is 180 Å². The van der Waals surface area contributed by atoms with Crippen molar-refractivity contribution < 1.29 is 13.8 Å². The summed E-state index contributed by atoms with van der Waals surface area (Å²) in [5, 5.41) is 2.70. The first-order chi connectivity index (χ1) is 14.4. The van der Waals surface area contributed by atoms with Gasteiger partial charge in [-0.15, -0.1) is 6.58 Å². The summed E-state index contributed by atoms with van der Waals surface area (Å²) >= 11 is 0. The number of benzene rings is 1. The molecule has 3 unspecified atom stereocenters. The lowest BCUT2D eigenvalue weighted by Crippen LogP contribution is -2.50. The van der Waals surface area contributed by atoms with E-state index < -0.39 is 9.71 Å². The summed E-state index contributed by atoms with van der Waals surface area (Å²) in [5.74, 6) is 4.26. The van der Waals surface area contributed by atoms with E-state index in [0.717, 1.165) is 18.4 Å². The Bertz CT molecular complexity index is 861. The van der Waals surface area contributed by atoms with Crippen molar-refractivity contribution in [3.8, 4) is 0 Å². The van der Waals surface area contributed by atoms with Crippen molar-refractivity contribution in [3.05, 3.63) is 48.6 Å². The molecular weight excluding hydrogens is 398 g/mol. The van der Waals surface area contributed by atoms with Gasteiger partial charge in [0.2, 0.25) is 11.8 Å². The molecule has 6 nitrogen and oxygen atoms in total. The summed E-state index contributed by atoms with van der Waals surface area (Å²) in [5.41, 5.74) is 1.11. The van der Waals surface area contributed by atoms with Crippen LogP contribution in [0.1, 0.15) is 37.3 Å². The molecule has 1 aromatic rings. The molecule has 0 saturated carbocycles. The molecule has 7 heteroatoms. The van der Waals surface area contributed by atoms with Gasteiger partial charge in [-0.05, 0) is 37.1 Å². The average Bonchev–Trinajstić information content (AvgIpc) is 2.78. The summed E-state index contributed by atoms with van der Waals surface area (Å²) < 4.78 is 15.3. The number of amides is 2. The Kier molecular flexibility index (Phi) is 7.36. The number of piperidine rings is 2. The average molecular weight is 432 g/mol. The third-order valence-electron chi connectivity index (χ3n) is 6.30. The number of likely N-dealkylation sites (tertiary alicyclic amines) is 1. The second kappa shape index (κ2) is 9.79. The number of hydrogen-bond acceptors (Lipinski definition) is 3. The zero-order valence-corrected chi connectivity index (χ0v) is 18.6. The van der Waals surface area contributed by atoms with Gasteiger partial charge in [-0.25, -0.2) is 4.31 Å². The molecule has 1 N–H and O–H groups in total. The molecule has 2 aliphatic heterocycles. The van der Waals surface area contributed by atoms with Crippen LogP contribution >= 0.6 is 0 Å². The predicted molar refractivity (Wildman–Crippen MR) is 122 cm³/mol. The van der Waals surface area contributed by atoms with E-state index in [4.69, 9.17) is 0 Å². The minimum Gasteiger partial charge on any atom is -0.359 e. The SMILES string of the molecule is C=CCS(=C)(=O)N1CC(C(=O)N2CCC(C(=O)NC)CC2)CCC1c1ccccc1.